The van der Waals surface area contributed by atoms with E-state index < -0.39 is 0 Å². The van der Waals surface area contributed by atoms with Crippen LogP contribution in [0.4, 0.5) is 0 Å². The summed E-state index contributed by atoms with van der Waals surface area (Å²) >= 11 is 0. The van der Waals surface area contributed by atoms with E-state index in [4.69, 9.17) is 9.72 Å². The van der Waals surface area contributed by atoms with Gasteiger partial charge in [-0.15, -0.1) is 0 Å². The molecular formula is C26H25N3O3. The number of para-hydroxylation sites is 2. The van der Waals surface area contributed by atoms with E-state index in [9.17, 15) is 9.59 Å². The fraction of sp³-hybridized carbons (Fsp3) is 0.192. The molecule has 4 rings (SSSR count). The fourth-order valence-corrected chi connectivity index (χ4v) is 3.64. The molecule has 3 aromatic carbocycles. The summed E-state index contributed by atoms with van der Waals surface area (Å²) in [5.41, 5.74) is 3.08. The molecule has 0 bridgehead atoms. The number of carbonyl (C=O) groups excluding carboxylic acids is 2. The van der Waals surface area contributed by atoms with Crippen LogP contribution in [0.2, 0.25) is 0 Å². The molecule has 1 amide bonds. The van der Waals surface area contributed by atoms with Crippen molar-refractivity contribution in [3.05, 3.63) is 95.8 Å². The number of rotatable bonds is 9. The third-order valence-corrected chi connectivity index (χ3v) is 5.35. The molecule has 1 heterocycles. The number of fused-ring (bicyclic) bond motifs is 1. The van der Waals surface area contributed by atoms with Crippen molar-refractivity contribution in [2.45, 2.75) is 19.4 Å². The number of benzene rings is 3. The van der Waals surface area contributed by atoms with Crippen LogP contribution in [0.1, 0.15) is 33.0 Å². The van der Waals surface area contributed by atoms with Gasteiger partial charge in [0.1, 0.15) is 11.6 Å². The number of amides is 1. The third-order valence-electron chi connectivity index (χ3n) is 5.35. The minimum Gasteiger partial charge on any atom is -0.497 e. The van der Waals surface area contributed by atoms with Crippen molar-refractivity contribution >= 4 is 22.7 Å². The lowest BCUT2D eigenvalue weighted by Crippen LogP contribution is -2.25. The van der Waals surface area contributed by atoms with Gasteiger partial charge in [0.2, 0.25) is 0 Å². The molecule has 0 atom stereocenters. The Hall–Kier alpha value is -3.93. The lowest BCUT2D eigenvalue weighted by Gasteiger charge is -2.10. The van der Waals surface area contributed by atoms with Crippen molar-refractivity contribution in [3.63, 3.8) is 0 Å². The molecule has 0 saturated heterocycles. The van der Waals surface area contributed by atoms with E-state index >= 15 is 0 Å². The predicted molar refractivity (Wildman–Crippen MR) is 124 cm³/mol. The number of hydrogen-bond acceptors (Lipinski definition) is 4. The van der Waals surface area contributed by atoms with Gasteiger partial charge in [0.15, 0.2) is 5.78 Å². The average molecular weight is 428 g/mol. The highest BCUT2D eigenvalue weighted by Gasteiger charge is 2.15. The molecule has 0 aliphatic carbocycles. The number of carbonyl (C=O) groups is 2. The lowest BCUT2D eigenvalue weighted by atomic mass is 10.1. The van der Waals surface area contributed by atoms with Crippen LogP contribution in [-0.4, -0.2) is 34.9 Å². The van der Waals surface area contributed by atoms with Gasteiger partial charge in [-0.05, 0) is 42.8 Å². The van der Waals surface area contributed by atoms with Crippen LogP contribution in [0.5, 0.6) is 5.75 Å². The Bertz CT molecular complexity index is 1210. The highest BCUT2D eigenvalue weighted by atomic mass is 16.5. The zero-order valence-electron chi connectivity index (χ0n) is 18.0. The maximum absolute atomic E-state index is 12.8. The third kappa shape index (κ3) is 4.86. The minimum atomic E-state index is -0.125. The second-order valence-corrected chi connectivity index (χ2v) is 7.48. The number of methoxy groups -OCH3 is 1. The SMILES string of the molecule is COc1ccc(C(=O)NCCCc2nc3ccccc3n2CC(=O)c2ccccc2)cc1. The Labute approximate surface area is 186 Å². The zero-order chi connectivity index (χ0) is 22.3. The molecule has 1 N–H and O–H groups in total. The van der Waals surface area contributed by atoms with E-state index in [1.165, 1.54) is 0 Å². The van der Waals surface area contributed by atoms with E-state index in [0.29, 0.717) is 36.3 Å². The number of ether oxygens (including phenoxy) is 1. The van der Waals surface area contributed by atoms with E-state index in [1.807, 2.05) is 59.2 Å². The first kappa shape index (κ1) is 21.3. The largest absolute Gasteiger partial charge is 0.497 e. The molecule has 162 valence electrons. The smallest absolute Gasteiger partial charge is 0.251 e. The summed E-state index contributed by atoms with van der Waals surface area (Å²) in [4.78, 5) is 29.9. The van der Waals surface area contributed by atoms with Gasteiger partial charge in [-0.25, -0.2) is 4.98 Å². The summed E-state index contributed by atoms with van der Waals surface area (Å²) in [5, 5.41) is 2.94. The van der Waals surface area contributed by atoms with Gasteiger partial charge in [0.05, 0.1) is 24.7 Å². The number of aryl methyl sites for hydroxylation is 1. The first-order valence-electron chi connectivity index (χ1n) is 10.6. The number of nitrogens with one attached hydrogen (secondary N) is 1. The number of imidazole rings is 1. The molecule has 0 aliphatic rings. The molecule has 0 unspecified atom stereocenters. The molecular weight excluding hydrogens is 402 g/mol. The molecule has 32 heavy (non-hydrogen) atoms. The Morgan fingerprint density at radius 2 is 1.62 bits per heavy atom. The van der Waals surface area contributed by atoms with Crippen molar-refractivity contribution in [2.75, 3.05) is 13.7 Å². The van der Waals surface area contributed by atoms with Crippen molar-refractivity contribution < 1.29 is 14.3 Å². The standard InChI is InChI=1S/C26H25N3O3/c1-32-21-15-13-20(14-16-21)26(31)27-17-7-12-25-28-22-10-5-6-11-23(22)29(25)18-24(30)19-8-3-2-4-9-19/h2-6,8-11,13-16H,7,12,17-18H2,1H3,(H,27,31). The van der Waals surface area contributed by atoms with Crippen LogP contribution in [0, 0.1) is 0 Å². The van der Waals surface area contributed by atoms with Crippen LogP contribution in [0.3, 0.4) is 0 Å². The average Bonchev–Trinajstić information content (AvgIpc) is 3.19. The quantitative estimate of drug-likeness (QED) is 0.319. The summed E-state index contributed by atoms with van der Waals surface area (Å²) in [6.07, 6.45) is 1.37. The number of Topliss-reactive ketones (excluding diaryl/α,β-unsaturated/α-hetero) is 1. The second-order valence-electron chi connectivity index (χ2n) is 7.48. The summed E-state index contributed by atoms with van der Waals surface area (Å²) in [6, 6.07) is 24.1. The molecule has 0 aliphatic heterocycles. The number of nitrogens with zero attached hydrogens (tertiary/aromatic N) is 2. The highest BCUT2D eigenvalue weighted by molar-refractivity contribution is 5.96. The lowest BCUT2D eigenvalue weighted by molar-refractivity contribution is 0.0951. The zero-order valence-corrected chi connectivity index (χ0v) is 18.0. The molecule has 0 radical (unpaired) electrons. The molecule has 0 fully saturated rings. The normalized spacial score (nSPS) is 10.8. The summed E-state index contributed by atoms with van der Waals surface area (Å²) in [5.74, 6) is 1.47. The first-order valence-corrected chi connectivity index (χ1v) is 10.6. The van der Waals surface area contributed by atoms with Crippen LogP contribution < -0.4 is 10.1 Å². The fourth-order valence-electron chi connectivity index (χ4n) is 3.64. The monoisotopic (exact) mass is 427 g/mol. The Kier molecular flexibility index (Phi) is 6.60. The second kappa shape index (κ2) is 9.92. The molecule has 4 aromatic rings. The number of aromatic nitrogens is 2. The summed E-state index contributed by atoms with van der Waals surface area (Å²) < 4.78 is 7.11. The predicted octanol–water partition coefficient (Wildman–Crippen LogP) is 4.29. The van der Waals surface area contributed by atoms with Crippen LogP contribution in [0.15, 0.2) is 78.9 Å². The van der Waals surface area contributed by atoms with E-state index in [2.05, 4.69) is 5.32 Å². The van der Waals surface area contributed by atoms with Crippen molar-refractivity contribution in [3.8, 4) is 5.75 Å². The van der Waals surface area contributed by atoms with Crippen molar-refractivity contribution in [2.24, 2.45) is 0 Å². The summed E-state index contributed by atoms with van der Waals surface area (Å²) in [6.45, 7) is 0.749. The van der Waals surface area contributed by atoms with Gasteiger partial charge >= 0.3 is 0 Å². The molecule has 6 nitrogen and oxygen atoms in total. The minimum absolute atomic E-state index is 0.0443. The Morgan fingerprint density at radius 3 is 2.38 bits per heavy atom. The first-order chi connectivity index (χ1) is 15.7. The van der Waals surface area contributed by atoms with E-state index in [-0.39, 0.29) is 18.2 Å². The molecule has 6 heteroatoms. The van der Waals surface area contributed by atoms with Crippen LogP contribution >= 0.6 is 0 Å². The maximum Gasteiger partial charge on any atom is 0.251 e. The van der Waals surface area contributed by atoms with E-state index in [1.54, 1.807) is 31.4 Å². The van der Waals surface area contributed by atoms with E-state index in [0.717, 1.165) is 16.9 Å². The number of ketones is 1. The Balaban J connectivity index is 1.41. The topological polar surface area (TPSA) is 73.2 Å². The van der Waals surface area contributed by atoms with Gasteiger partial charge < -0.3 is 14.6 Å². The van der Waals surface area contributed by atoms with Gasteiger partial charge in [0.25, 0.3) is 5.91 Å². The molecule has 1 aromatic heterocycles. The summed E-state index contributed by atoms with van der Waals surface area (Å²) in [7, 11) is 1.59. The molecule has 0 spiro atoms. The van der Waals surface area contributed by atoms with Gasteiger partial charge in [-0.2, -0.15) is 0 Å². The van der Waals surface area contributed by atoms with Crippen molar-refractivity contribution in [1.29, 1.82) is 0 Å². The Morgan fingerprint density at radius 1 is 0.906 bits per heavy atom. The van der Waals surface area contributed by atoms with Crippen molar-refractivity contribution in [1.82, 2.24) is 14.9 Å². The van der Waals surface area contributed by atoms with Gasteiger partial charge in [0, 0.05) is 24.1 Å². The molecule has 0 saturated carbocycles. The number of hydrogen-bond donors (Lipinski definition) is 1. The van der Waals surface area contributed by atoms with Crippen LogP contribution in [-0.2, 0) is 13.0 Å². The maximum atomic E-state index is 12.8. The van der Waals surface area contributed by atoms with Gasteiger partial charge in [-0.1, -0.05) is 42.5 Å². The van der Waals surface area contributed by atoms with Crippen LogP contribution in [0.25, 0.3) is 11.0 Å². The van der Waals surface area contributed by atoms with Gasteiger partial charge in [-0.3, -0.25) is 9.59 Å². The highest BCUT2D eigenvalue weighted by Crippen LogP contribution is 2.18.